The largest absolute Gasteiger partial charge is 0.373 e. The van der Waals surface area contributed by atoms with Gasteiger partial charge >= 0.3 is 0 Å². The van der Waals surface area contributed by atoms with E-state index < -0.39 is 0 Å². The average molecular weight is 366 g/mol. The van der Waals surface area contributed by atoms with E-state index in [4.69, 9.17) is 9.97 Å². The Morgan fingerprint density at radius 2 is 2.19 bits per heavy atom. The number of nitrogens with one attached hydrogen (secondary N) is 1. The van der Waals surface area contributed by atoms with Crippen molar-refractivity contribution in [2.24, 2.45) is 0 Å². The number of nitrogens with zero attached hydrogens (tertiary/aromatic N) is 5. The van der Waals surface area contributed by atoms with Crippen molar-refractivity contribution in [2.75, 3.05) is 39.0 Å². The summed E-state index contributed by atoms with van der Waals surface area (Å²) in [5, 5.41) is 3.25. The van der Waals surface area contributed by atoms with Gasteiger partial charge in [0.15, 0.2) is 0 Å². The minimum Gasteiger partial charge on any atom is -0.373 e. The first-order valence-electron chi connectivity index (χ1n) is 9.61. The van der Waals surface area contributed by atoms with E-state index in [9.17, 15) is 4.79 Å². The summed E-state index contributed by atoms with van der Waals surface area (Å²) in [5.74, 6) is 2.02. The van der Waals surface area contributed by atoms with Crippen molar-refractivity contribution in [1.82, 2.24) is 24.8 Å². The number of carbonyl (C=O) groups excluding carboxylic acids is 1. The van der Waals surface area contributed by atoms with Crippen LogP contribution in [-0.4, -0.2) is 64.4 Å². The number of likely N-dealkylation sites (N-methyl/N-ethyl adjacent to an activating group) is 1. The molecule has 1 saturated heterocycles. The molecular weight excluding hydrogens is 340 g/mol. The van der Waals surface area contributed by atoms with Gasteiger partial charge in [-0.3, -0.25) is 9.78 Å². The molecule has 0 bridgehead atoms. The highest BCUT2D eigenvalue weighted by Crippen LogP contribution is 2.30. The molecular formula is C20H26N6O. The molecule has 7 heteroatoms. The SMILES string of the molecule is CNc1nc(C2CCCN(C(=O)c3cccnc3)C2)nc2c1CN(C)CC2. The summed E-state index contributed by atoms with van der Waals surface area (Å²) in [6.45, 7) is 3.33. The number of hydrogen-bond acceptors (Lipinski definition) is 6. The predicted molar refractivity (Wildman–Crippen MR) is 104 cm³/mol. The zero-order chi connectivity index (χ0) is 18.8. The topological polar surface area (TPSA) is 74.2 Å². The molecule has 0 saturated carbocycles. The van der Waals surface area contributed by atoms with Gasteiger partial charge in [-0.2, -0.15) is 0 Å². The van der Waals surface area contributed by atoms with Crippen LogP contribution < -0.4 is 5.32 Å². The van der Waals surface area contributed by atoms with Gasteiger partial charge in [-0.25, -0.2) is 9.97 Å². The van der Waals surface area contributed by atoms with Crippen molar-refractivity contribution in [3.05, 3.63) is 47.2 Å². The number of hydrogen-bond donors (Lipinski definition) is 1. The molecule has 2 aliphatic rings. The number of pyridine rings is 1. The minimum absolute atomic E-state index is 0.0428. The van der Waals surface area contributed by atoms with Gasteiger partial charge < -0.3 is 15.1 Å². The molecule has 2 aliphatic heterocycles. The summed E-state index contributed by atoms with van der Waals surface area (Å²) in [6, 6.07) is 3.63. The highest BCUT2D eigenvalue weighted by Gasteiger charge is 2.29. The fourth-order valence-electron chi connectivity index (χ4n) is 4.00. The van der Waals surface area contributed by atoms with Gasteiger partial charge in [0.25, 0.3) is 5.91 Å². The molecule has 1 atom stereocenters. The van der Waals surface area contributed by atoms with E-state index >= 15 is 0 Å². The number of carbonyl (C=O) groups is 1. The molecule has 7 nitrogen and oxygen atoms in total. The van der Waals surface area contributed by atoms with Gasteiger partial charge in [0.2, 0.25) is 0 Å². The molecule has 4 rings (SSSR count). The number of rotatable bonds is 3. The monoisotopic (exact) mass is 366 g/mol. The van der Waals surface area contributed by atoms with Crippen LogP contribution in [0.2, 0.25) is 0 Å². The number of likely N-dealkylation sites (tertiary alicyclic amines) is 1. The van der Waals surface area contributed by atoms with E-state index in [1.807, 2.05) is 18.0 Å². The maximum atomic E-state index is 12.8. The Hall–Kier alpha value is -2.54. The maximum Gasteiger partial charge on any atom is 0.255 e. The lowest BCUT2D eigenvalue weighted by Gasteiger charge is -2.33. The van der Waals surface area contributed by atoms with E-state index in [0.717, 1.165) is 56.2 Å². The van der Waals surface area contributed by atoms with Crippen LogP contribution in [0.4, 0.5) is 5.82 Å². The summed E-state index contributed by atoms with van der Waals surface area (Å²) in [6.07, 6.45) is 6.25. The first kappa shape index (κ1) is 17.9. The zero-order valence-electron chi connectivity index (χ0n) is 16.0. The molecule has 4 heterocycles. The van der Waals surface area contributed by atoms with E-state index in [1.165, 1.54) is 5.56 Å². The Morgan fingerprint density at radius 3 is 2.96 bits per heavy atom. The quantitative estimate of drug-likeness (QED) is 0.895. The summed E-state index contributed by atoms with van der Waals surface area (Å²) in [5.41, 5.74) is 3.00. The fourth-order valence-corrected chi connectivity index (χ4v) is 4.00. The second kappa shape index (κ2) is 7.60. The molecule has 27 heavy (non-hydrogen) atoms. The first-order chi connectivity index (χ1) is 13.2. The van der Waals surface area contributed by atoms with E-state index in [1.54, 1.807) is 18.5 Å². The maximum absolute atomic E-state index is 12.8. The van der Waals surface area contributed by atoms with Crippen molar-refractivity contribution >= 4 is 11.7 Å². The normalized spacial score (nSPS) is 20.2. The number of amides is 1. The standard InChI is InChI=1S/C20H26N6O/c1-21-19-16-13-25(2)10-7-17(16)23-18(24-19)15-6-4-9-26(12-15)20(27)14-5-3-8-22-11-14/h3,5,8,11,15H,4,6-7,9-10,12-13H2,1-2H3,(H,21,23,24). The molecule has 2 aromatic heterocycles. The highest BCUT2D eigenvalue weighted by molar-refractivity contribution is 5.94. The molecule has 0 spiro atoms. The van der Waals surface area contributed by atoms with Gasteiger partial charge in [-0.15, -0.1) is 0 Å². The molecule has 1 fully saturated rings. The third kappa shape index (κ3) is 3.64. The molecule has 0 radical (unpaired) electrons. The van der Waals surface area contributed by atoms with E-state index in [-0.39, 0.29) is 11.8 Å². The van der Waals surface area contributed by atoms with Gasteiger partial charge in [0.1, 0.15) is 11.6 Å². The zero-order valence-corrected chi connectivity index (χ0v) is 16.0. The van der Waals surface area contributed by atoms with Crippen LogP contribution in [0.3, 0.4) is 0 Å². The number of aromatic nitrogens is 3. The number of fused-ring (bicyclic) bond motifs is 1. The van der Waals surface area contributed by atoms with Gasteiger partial charge in [0, 0.05) is 63.5 Å². The molecule has 1 unspecified atom stereocenters. The van der Waals surface area contributed by atoms with Gasteiger partial charge in [-0.1, -0.05) is 0 Å². The van der Waals surface area contributed by atoms with Crippen molar-refractivity contribution in [3.8, 4) is 0 Å². The van der Waals surface area contributed by atoms with E-state index in [2.05, 4.69) is 22.2 Å². The van der Waals surface area contributed by atoms with Crippen molar-refractivity contribution < 1.29 is 4.79 Å². The lowest BCUT2D eigenvalue weighted by atomic mass is 9.95. The van der Waals surface area contributed by atoms with Crippen LogP contribution >= 0.6 is 0 Å². The predicted octanol–water partition coefficient (Wildman–Crippen LogP) is 1.92. The Kier molecular flexibility index (Phi) is 5.03. The Labute approximate surface area is 159 Å². The van der Waals surface area contributed by atoms with Crippen LogP contribution in [0.1, 0.15) is 46.2 Å². The number of anilines is 1. The summed E-state index contributed by atoms with van der Waals surface area (Å²) >= 11 is 0. The Bertz CT molecular complexity index is 807. The Morgan fingerprint density at radius 1 is 1.30 bits per heavy atom. The highest BCUT2D eigenvalue weighted by atomic mass is 16.2. The lowest BCUT2D eigenvalue weighted by Crippen LogP contribution is -2.40. The third-order valence-electron chi connectivity index (χ3n) is 5.49. The lowest BCUT2D eigenvalue weighted by molar-refractivity contribution is 0.0704. The first-order valence-corrected chi connectivity index (χ1v) is 9.61. The van der Waals surface area contributed by atoms with Crippen LogP contribution in [0, 0.1) is 0 Å². The van der Waals surface area contributed by atoms with Crippen LogP contribution in [0.15, 0.2) is 24.5 Å². The van der Waals surface area contributed by atoms with Crippen molar-refractivity contribution in [3.63, 3.8) is 0 Å². The average Bonchev–Trinajstić information content (AvgIpc) is 2.73. The molecule has 142 valence electrons. The second-order valence-electron chi connectivity index (χ2n) is 7.43. The molecule has 2 aromatic rings. The van der Waals surface area contributed by atoms with Gasteiger partial charge in [0.05, 0.1) is 11.3 Å². The van der Waals surface area contributed by atoms with Crippen molar-refractivity contribution in [1.29, 1.82) is 0 Å². The Balaban J connectivity index is 1.57. The molecule has 1 amide bonds. The minimum atomic E-state index is 0.0428. The third-order valence-corrected chi connectivity index (χ3v) is 5.49. The second-order valence-corrected chi connectivity index (χ2v) is 7.43. The fraction of sp³-hybridized carbons (Fsp3) is 0.500. The van der Waals surface area contributed by atoms with Crippen LogP contribution in [0.5, 0.6) is 0 Å². The van der Waals surface area contributed by atoms with Crippen LogP contribution in [-0.2, 0) is 13.0 Å². The summed E-state index contributed by atoms with van der Waals surface area (Å²) < 4.78 is 0. The number of piperidine rings is 1. The van der Waals surface area contributed by atoms with Crippen molar-refractivity contribution in [2.45, 2.75) is 31.7 Å². The molecule has 0 aliphatic carbocycles. The molecule has 0 aromatic carbocycles. The van der Waals surface area contributed by atoms with Gasteiger partial charge in [-0.05, 0) is 32.0 Å². The molecule has 1 N–H and O–H groups in total. The smallest absolute Gasteiger partial charge is 0.255 e. The van der Waals surface area contributed by atoms with Crippen LogP contribution in [0.25, 0.3) is 0 Å². The van der Waals surface area contributed by atoms with E-state index in [0.29, 0.717) is 12.1 Å². The summed E-state index contributed by atoms with van der Waals surface area (Å²) in [4.78, 5) is 30.8. The summed E-state index contributed by atoms with van der Waals surface area (Å²) in [7, 11) is 4.04.